The van der Waals surface area contributed by atoms with Gasteiger partial charge in [-0.1, -0.05) is 13.3 Å². The highest BCUT2D eigenvalue weighted by Crippen LogP contribution is 2.27. The monoisotopic (exact) mass is 336 g/mol. The van der Waals surface area contributed by atoms with Gasteiger partial charge in [0.05, 0.1) is 5.60 Å². The fourth-order valence-corrected chi connectivity index (χ4v) is 4.02. The summed E-state index contributed by atoms with van der Waals surface area (Å²) in [4.78, 5) is 14.5. The van der Waals surface area contributed by atoms with Gasteiger partial charge < -0.3 is 15.3 Å². The molecule has 1 heterocycles. The van der Waals surface area contributed by atoms with Crippen LogP contribution in [-0.4, -0.2) is 47.8 Å². The Hall–Kier alpha value is -1.20. The van der Waals surface area contributed by atoms with E-state index in [0.717, 1.165) is 31.0 Å². The fourth-order valence-electron chi connectivity index (χ4n) is 2.73. The van der Waals surface area contributed by atoms with Gasteiger partial charge in [0.2, 0.25) is 0 Å². The summed E-state index contributed by atoms with van der Waals surface area (Å²) in [6.07, 6.45) is 3.10. The van der Waals surface area contributed by atoms with E-state index >= 15 is 0 Å². The van der Waals surface area contributed by atoms with E-state index in [4.69, 9.17) is 0 Å². The summed E-state index contributed by atoms with van der Waals surface area (Å²) in [5, 5.41) is 13.1. The number of benzene rings is 1. The lowest BCUT2D eigenvalue weighted by Crippen LogP contribution is -2.42. The predicted octanol–water partition coefficient (Wildman–Crippen LogP) is 2.91. The van der Waals surface area contributed by atoms with Gasteiger partial charge in [-0.05, 0) is 49.8 Å². The molecule has 1 aliphatic heterocycles. The van der Waals surface area contributed by atoms with Gasteiger partial charge >= 0.3 is 0 Å². The molecule has 1 fully saturated rings. The number of thioether (sulfide) groups is 1. The summed E-state index contributed by atoms with van der Waals surface area (Å²) in [7, 11) is 0. The molecule has 4 nitrogen and oxygen atoms in total. The van der Waals surface area contributed by atoms with Crippen molar-refractivity contribution in [3.63, 3.8) is 0 Å². The highest BCUT2D eigenvalue weighted by molar-refractivity contribution is 7.99. The number of carbonyl (C=O) groups is 1. The van der Waals surface area contributed by atoms with E-state index in [0.29, 0.717) is 17.9 Å². The molecule has 2 N–H and O–H groups in total. The molecule has 0 saturated carbocycles. The molecule has 2 rings (SSSR count). The number of hydrogen-bond acceptors (Lipinski definition) is 4. The van der Waals surface area contributed by atoms with E-state index in [1.165, 1.54) is 12.8 Å². The van der Waals surface area contributed by atoms with Gasteiger partial charge in [-0.15, -0.1) is 0 Å². The third-order valence-electron chi connectivity index (χ3n) is 4.32. The Bertz CT molecular complexity index is 498. The van der Waals surface area contributed by atoms with Gasteiger partial charge in [-0.25, -0.2) is 0 Å². The lowest BCUT2D eigenvalue weighted by molar-refractivity contribution is 0.0612. The van der Waals surface area contributed by atoms with Crippen molar-refractivity contribution >= 4 is 23.4 Å². The van der Waals surface area contributed by atoms with E-state index in [1.807, 2.05) is 24.3 Å². The first kappa shape index (κ1) is 18.1. The van der Waals surface area contributed by atoms with E-state index in [9.17, 15) is 9.90 Å². The molecule has 1 unspecified atom stereocenters. The lowest BCUT2D eigenvalue weighted by atomic mass is 10.0. The second-order valence-corrected chi connectivity index (χ2v) is 7.29. The molecule has 0 spiro atoms. The van der Waals surface area contributed by atoms with Crippen molar-refractivity contribution in [1.82, 2.24) is 5.32 Å². The van der Waals surface area contributed by atoms with Gasteiger partial charge in [0.1, 0.15) is 0 Å². The molecule has 0 bridgehead atoms. The van der Waals surface area contributed by atoms with Crippen molar-refractivity contribution in [3.05, 3.63) is 29.8 Å². The van der Waals surface area contributed by atoms with Crippen LogP contribution in [0.15, 0.2) is 24.3 Å². The Balaban J connectivity index is 1.91. The van der Waals surface area contributed by atoms with Crippen molar-refractivity contribution in [1.29, 1.82) is 0 Å². The molecular weight excluding hydrogens is 308 g/mol. The van der Waals surface area contributed by atoms with Crippen LogP contribution in [0, 0.1) is 0 Å². The Labute approximate surface area is 143 Å². The van der Waals surface area contributed by atoms with Crippen molar-refractivity contribution in [3.8, 4) is 0 Å². The number of hydrogen-bond donors (Lipinski definition) is 2. The zero-order valence-corrected chi connectivity index (χ0v) is 15.0. The lowest BCUT2D eigenvalue weighted by Gasteiger charge is -2.23. The highest BCUT2D eigenvalue weighted by atomic mass is 32.2. The molecule has 0 aromatic heterocycles. The standard InChI is InChI=1S/C18H28N2O2S/c1-3-5-11-20(4-2)16-8-6-15(7-9-16)17(21)19-13-18(22)10-12-23-14-18/h6-9,22H,3-5,10-14H2,1-2H3,(H,19,21). The van der Waals surface area contributed by atoms with Crippen molar-refractivity contribution in [2.45, 2.75) is 38.7 Å². The zero-order chi connectivity index (χ0) is 16.7. The first-order valence-electron chi connectivity index (χ1n) is 8.51. The number of unbranched alkanes of at least 4 members (excludes halogenated alkanes) is 1. The molecule has 0 aliphatic carbocycles. The van der Waals surface area contributed by atoms with Crippen LogP contribution in [0.25, 0.3) is 0 Å². The Morgan fingerprint density at radius 2 is 2.09 bits per heavy atom. The second-order valence-electron chi connectivity index (χ2n) is 6.19. The zero-order valence-electron chi connectivity index (χ0n) is 14.2. The van der Waals surface area contributed by atoms with E-state index in [1.54, 1.807) is 11.8 Å². The van der Waals surface area contributed by atoms with E-state index in [-0.39, 0.29) is 5.91 Å². The molecule has 1 amide bonds. The minimum absolute atomic E-state index is 0.113. The summed E-state index contributed by atoms with van der Waals surface area (Å²) in [6.45, 7) is 6.69. The Morgan fingerprint density at radius 3 is 2.65 bits per heavy atom. The number of aliphatic hydroxyl groups is 1. The SMILES string of the molecule is CCCCN(CC)c1ccc(C(=O)NCC2(O)CCSC2)cc1. The van der Waals surface area contributed by atoms with Crippen LogP contribution in [0.3, 0.4) is 0 Å². The molecule has 1 atom stereocenters. The van der Waals surface area contributed by atoms with Crippen molar-refractivity contribution in [2.75, 3.05) is 36.0 Å². The average molecular weight is 337 g/mol. The Morgan fingerprint density at radius 1 is 1.35 bits per heavy atom. The van der Waals surface area contributed by atoms with Crippen LogP contribution >= 0.6 is 11.8 Å². The summed E-state index contributed by atoms with van der Waals surface area (Å²) in [5.74, 6) is 1.55. The maximum atomic E-state index is 12.2. The summed E-state index contributed by atoms with van der Waals surface area (Å²) < 4.78 is 0. The molecule has 1 aliphatic rings. The first-order chi connectivity index (χ1) is 11.1. The van der Waals surface area contributed by atoms with Crippen molar-refractivity contribution < 1.29 is 9.90 Å². The molecule has 23 heavy (non-hydrogen) atoms. The molecule has 1 aromatic rings. The van der Waals surface area contributed by atoms with Crippen LogP contribution in [-0.2, 0) is 0 Å². The normalized spacial score (nSPS) is 20.5. The molecular formula is C18H28N2O2S. The number of carbonyl (C=O) groups excluding carboxylic acids is 1. The largest absolute Gasteiger partial charge is 0.387 e. The molecule has 1 saturated heterocycles. The van der Waals surface area contributed by atoms with Crippen LogP contribution in [0.5, 0.6) is 0 Å². The van der Waals surface area contributed by atoms with Crippen LogP contribution in [0.1, 0.15) is 43.5 Å². The third kappa shape index (κ3) is 5.15. The molecule has 5 heteroatoms. The maximum absolute atomic E-state index is 12.2. The highest BCUT2D eigenvalue weighted by Gasteiger charge is 2.32. The van der Waals surface area contributed by atoms with E-state index < -0.39 is 5.60 Å². The molecule has 0 radical (unpaired) electrons. The van der Waals surface area contributed by atoms with Gasteiger partial charge in [0.15, 0.2) is 0 Å². The molecule has 128 valence electrons. The van der Waals surface area contributed by atoms with Gasteiger partial charge in [-0.3, -0.25) is 4.79 Å². The number of nitrogens with zero attached hydrogens (tertiary/aromatic N) is 1. The minimum atomic E-state index is -0.737. The number of amides is 1. The number of rotatable bonds is 8. The van der Waals surface area contributed by atoms with Crippen LogP contribution < -0.4 is 10.2 Å². The van der Waals surface area contributed by atoms with Gasteiger partial charge in [0.25, 0.3) is 5.91 Å². The topological polar surface area (TPSA) is 52.6 Å². The van der Waals surface area contributed by atoms with E-state index in [2.05, 4.69) is 24.1 Å². The average Bonchev–Trinajstić information content (AvgIpc) is 3.01. The summed E-state index contributed by atoms with van der Waals surface area (Å²) in [6, 6.07) is 7.75. The predicted molar refractivity (Wildman–Crippen MR) is 98.5 cm³/mol. The summed E-state index contributed by atoms with van der Waals surface area (Å²) in [5.41, 5.74) is 1.07. The fraction of sp³-hybridized carbons (Fsp3) is 0.611. The van der Waals surface area contributed by atoms with Crippen LogP contribution in [0.4, 0.5) is 5.69 Å². The van der Waals surface area contributed by atoms with Crippen molar-refractivity contribution in [2.24, 2.45) is 0 Å². The van der Waals surface area contributed by atoms with Crippen LogP contribution in [0.2, 0.25) is 0 Å². The summed E-state index contributed by atoms with van der Waals surface area (Å²) >= 11 is 1.74. The Kier molecular flexibility index (Phi) is 6.78. The maximum Gasteiger partial charge on any atom is 0.251 e. The van der Waals surface area contributed by atoms with Gasteiger partial charge in [-0.2, -0.15) is 11.8 Å². The minimum Gasteiger partial charge on any atom is -0.387 e. The second kappa shape index (κ2) is 8.60. The number of nitrogens with one attached hydrogen (secondary N) is 1. The first-order valence-corrected chi connectivity index (χ1v) is 9.67. The third-order valence-corrected chi connectivity index (χ3v) is 5.55. The smallest absolute Gasteiger partial charge is 0.251 e. The van der Waals surface area contributed by atoms with Gasteiger partial charge in [0, 0.05) is 36.6 Å². The molecule has 1 aromatic carbocycles. The number of anilines is 1. The quantitative estimate of drug-likeness (QED) is 0.766.